The van der Waals surface area contributed by atoms with Gasteiger partial charge in [-0.1, -0.05) is 0 Å². The van der Waals surface area contributed by atoms with Gasteiger partial charge in [-0.05, 0) is 13.0 Å². The van der Waals surface area contributed by atoms with Crippen LogP contribution in [0, 0.1) is 27.2 Å². The first-order chi connectivity index (χ1) is 12.0. The number of rotatable bonds is 4. The summed E-state index contributed by atoms with van der Waals surface area (Å²) < 4.78 is 16.3. The fourth-order valence-corrected chi connectivity index (χ4v) is 2.41. The van der Waals surface area contributed by atoms with Gasteiger partial charge in [0.15, 0.2) is 5.75 Å². The van der Waals surface area contributed by atoms with E-state index < -0.39 is 21.2 Å². The molecule has 0 aliphatic carbocycles. The molecule has 3 rings (SSSR count). The monoisotopic (exact) mass is 347 g/mol. The van der Waals surface area contributed by atoms with Crippen molar-refractivity contribution in [1.29, 1.82) is 0 Å². The lowest BCUT2D eigenvalue weighted by molar-refractivity contribution is -0.394. The van der Waals surface area contributed by atoms with E-state index in [1.807, 2.05) is 0 Å². The summed E-state index contributed by atoms with van der Waals surface area (Å²) in [5.41, 5.74) is 1.05. The van der Waals surface area contributed by atoms with Crippen LogP contribution in [-0.2, 0) is 22.7 Å². The van der Waals surface area contributed by atoms with Gasteiger partial charge in [0.05, 0.1) is 34.8 Å². The minimum absolute atomic E-state index is 0.112. The molecule has 0 atom stereocenters. The fourth-order valence-electron chi connectivity index (χ4n) is 2.41. The molecule has 0 amide bonds. The van der Waals surface area contributed by atoms with E-state index in [2.05, 4.69) is 4.98 Å². The van der Waals surface area contributed by atoms with Crippen molar-refractivity contribution in [1.82, 2.24) is 4.98 Å². The SMILES string of the molecule is Cc1ncc2c(c1Oc1ccc([N+](=O)[O-])cc1[N+](=O)[O-])COCOC2. The van der Waals surface area contributed by atoms with Crippen LogP contribution in [0.5, 0.6) is 11.5 Å². The van der Waals surface area contributed by atoms with E-state index in [0.29, 0.717) is 17.0 Å². The number of hydrogen-bond acceptors (Lipinski definition) is 8. The average molecular weight is 347 g/mol. The molecule has 1 aromatic carbocycles. The lowest BCUT2D eigenvalue weighted by atomic mass is 10.1. The molecular weight excluding hydrogens is 334 g/mol. The molecule has 1 aliphatic heterocycles. The molecule has 130 valence electrons. The topological polar surface area (TPSA) is 127 Å². The maximum Gasteiger partial charge on any atom is 0.318 e. The minimum atomic E-state index is -0.730. The van der Waals surface area contributed by atoms with Crippen LogP contribution >= 0.6 is 0 Å². The van der Waals surface area contributed by atoms with Crippen LogP contribution in [0.1, 0.15) is 16.8 Å². The van der Waals surface area contributed by atoms with Crippen molar-refractivity contribution in [3.05, 3.63) is 61.4 Å². The summed E-state index contributed by atoms with van der Waals surface area (Å²) in [5.74, 6) is 0.207. The summed E-state index contributed by atoms with van der Waals surface area (Å²) in [6.07, 6.45) is 1.64. The number of non-ortho nitro benzene ring substituents is 1. The molecule has 2 heterocycles. The average Bonchev–Trinajstić information content (AvgIpc) is 2.82. The molecule has 10 nitrogen and oxygen atoms in total. The number of hydrogen-bond donors (Lipinski definition) is 0. The van der Waals surface area contributed by atoms with Gasteiger partial charge in [-0.3, -0.25) is 25.2 Å². The number of ether oxygens (including phenoxy) is 3. The number of aryl methyl sites for hydroxylation is 1. The second-order valence-electron chi connectivity index (χ2n) is 5.26. The Kier molecular flexibility index (Phi) is 4.55. The van der Waals surface area contributed by atoms with Crippen molar-refractivity contribution < 1.29 is 24.1 Å². The number of nitrogens with zero attached hydrogens (tertiary/aromatic N) is 3. The summed E-state index contributed by atoms with van der Waals surface area (Å²) in [6.45, 7) is 2.29. The standard InChI is InChI=1S/C15H13N3O7/c1-9-15(12-7-24-8-23-6-10(12)5-16-9)25-14-3-2-11(17(19)20)4-13(14)18(21)22/h2-5H,6-8H2,1H3. The Morgan fingerprint density at radius 1 is 1.16 bits per heavy atom. The van der Waals surface area contributed by atoms with Gasteiger partial charge in [0.1, 0.15) is 6.79 Å². The van der Waals surface area contributed by atoms with Gasteiger partial charge in [-0.15, -0.1) is 0 Å². The quantitative estimate of drug-likeness (QED) is 0.610. The molecule has 0 bridgehead atoms. The van der Waals surface area contributed by atoms with Crippen LogP contribution in [0.25, 0.3) is 0 Å². The van der Waals surface area contributed by atoms with Crippen molar-refractivity contribution in [2.45, 2.75) is 20.1 Å². The molecule has 2 aromatic rings. The number of benzene rings is 1. The Morgan fingerprint density at radius 3 is 2.64 bits per heavy atom. The molecule has 0 saturated carbocycles. The summed E-state index contributed by atoms with van der Waals surface area (Å²) in [5, 5.41) is 22.1. The molecule has 0 saturated heterocycles. The molecule has 1 aromatic heterocycles. The second-order valence-corrected chi connectivity index (χ2v) is 5.26. The molecule has 0 N–H and O–H groups in total. The van der Waals surface area contributed by atoms with Gasteiger partial charge < -0.3 is 14.2 Å². The van der Waals surface area contributed by atoms with Crippen LogP contribution in [0.4, 0.5) is 11.4 Å². The highest BCUT2D eigenvalue weighted by molar-refractivity contribution is 5.56. The van der Waals surface area contributed by atoms with Gasteiger partial charge in [0.25, 0.3) is 5.69 Å². The third-order valence-electron chi connectivity index (χ3n) is 3.64. The Bertz CT molecular complexity index is 853. The van der Waals surface area contributed by atoms with Gasteiger partial charge in [0.2, 0.25) is 5.75 Å². The Labute approximate surface area is 141 Å². The van der Waals surface area contributed by atoms with E-state index in [1.165, 1.54) is 6.07 Å². The third-order valence-corrected chi connectivity index (χ3v) is 3.64. The Balaban J connectivity index is 2.06. The van der Waals surface area contributed by atoms with Crippen LogP contribution in [0.15, 0.2) is 24.4 Å². The number of aromatic nitrogens is 1. The lowest BCUT2D eigenvalue weighted by Gasteiger charge is -2.14. The Morgan fingerprint density at radius 2 is 1.92 bits per heavy atom. The van der Waals surface area contributed by atoms with Crippen LogP contribution in [-0.4, -0.2) is 21.6 Å². The largest absolute Gasteiger partial charge is 0.448 e. The smallest absolute Gasteiger partial charge is 0.318 e. The maximum atomic E-state index is 11.3. The zero-order chi connectivity index (χ0) is 18.0. The fraction of sp³-hybridized carbons (Fsp3) is 0.267. The first kappa shape index (κ1) is 16.7. The van der Waals surface area contributed by atoms with E-state index in [4.69, 9.17) is 14.2 Å². The molecule has 10 heteroatoms. The van der Waals surface area contributed by atoms with Crippen LogP contribution in [0.2, 0.25) is 0 Å². The minimum Gasteiger partial charge on any atom is -0.448 e. The molecule has 0 radical (unpaired) electrons. The first-order valence-electron chi connectivity index (χ1n) is 7.21. The molecule has 0 unspecified atom stereocenters. The second kappa shape index (κ2) is 6.79. The van der Waals surface area contributed by atoms with E-state index in [1.54, 1.807) is 13.1 Å². The summed E-state index contributed by atoms with van der Waals surface area (Å²) in [4.78, 5) is 24.9. The van der Waals surface area contributed by atoms with Crippen molar-refractivity contribution >= 4 is 11.4 Å². The van der Waals surface area contributed by atoms with Crippen LogP contribution in [0.3, 0.4) is 0 Å². The van der Waals surface area contributed by atoms with Crippen molar-refractivity contribution in [2.75, 3.05) is 6.79 Å². The normalized spacial score (nSPS) is 13.6. The molecule has 0 spiro atoms. The van der Waals surface area contributed by atoms with E-state index >= 15 is 0 Å². The van der Waals surface area contributed by atoms with Gasteiger partial charge >= 0.3 is 5.69 Å². The predicted molar refractivity (Wildman–Crippen MR) is 83.2 cm³/mol. The number of fused-ring (bicyclic) bond motifs is 1. The van der Waals surface area contributed by atoms with Crippen molar-refractivity contribution in [3.8, 4) is 11.5 Å². The molecule has 0 fully saturated rings. The van der Waals surface area contributed by atoms with E-state index in [-0.39, 0.29) is 25.8 Å². The van der Waals surface area contributed by atoms with Crippen molar-refractivity contribution in [3.63, 3.8) is 0 Å². The summed E-state index contributed by atoms with van der Waals surface area (Å²) >= 11 is 0. The first-order valence-corrected chi connectivity index (χ1v) is 7.21. The number of pyridine rings is 1. The highest BCUT2D eigenvalue weighted by Crippen LogP contribution is 2.38. The maximum absolute atomic E-state index is 11.3. The van der Waals surface area contributed by atoms with Gasteiger partial charge in [0, 0.05) is 23.4 Å². The predicted octanol–water partition coefficient (Wildman–Crippen LogP) is 3.00. The molecule has 25 heavy (non-hydrogen) atoms. The van der Waals surface area contributed by atoms with Gasteiger partial charge in [-0.2, -0.15) is 0 Å². The van der Waals surface area contributed by atoms with E-state index in [0.717, 1.165) is 17.7 Å². The summed E-state index contributed by atoms with van der Waals surface area (Å²) in [6, 6.07) is 3.20. The highest BCUT2D eigenvalue weighted by Gasteiger charge is 2.24. The van der Waals surface area contributed by atoms with Crippen LogP contribution < -0.4 is 4.74 Å². The van der Waals surface area contributed by atoms with Gasteiger partial charge in [-0.25, -0.2) is 0 Å². The lowest BCUT2D eigenvalue weighted by Crippen LogP contribution is -2.03. The zero-order valence-corrected chi connectivity index (χ0v) is 13.1. The Hall–Kier alpha value is -3.11. The zero-order valence-electron chi connectivity index (χ0n) is 13.1. The third kappa shape index (κ3) is 3.39. The van der Waals surface area contributed by atoms with Crippen molar-refractivity contribution in [2.24, 2.45) is 0 Å². The van der Waals surface area contributed by atoms with E-state index in [9.17, 15) is 20.2 Å². The highest BCUT2D eigenvalue weighted by atomic mass is 16.7. The number of nitro groups is 2. The molecular formula is C15H13N3O7. The molecule has 1 aliphatic rings. The summed E-state index contributed by atoms with van der Waals surface area (Å²) in [7, 11) is 0. The number of nitro benzene ring substituents is 2.